The highest BCUT2D eigenvalue weighted by Crippen LogP contribution is 2.45. The highest BCUT2D eigenvalue weighted by molar-refractivity contribution is 6.30. The highest BCUT2D eigenvalue weighted by Gasteiger charge is 2.47. The minimum absolute atomic E-state index is 0.213. The molecule has 0 saturated carbocycles. The van der Waals surface area contributed by atoms with E-state index in [0.717, 1.165) is 11.3 Å². The zero-order valence-electron chi connectivity index (χ0n) is 16.9. The van der Waals surface area contributed by atoms with Crippen molar-refractivity contribution in [3.8, 4) is 0 Å². The van der Waals surface area contributed by atoms with Crippen LogP contribution in [0.2, 0.25) is 5.02 Å². The van der Waals surface area contributed by atoms with Crippen molar-refractivity contribution in [2.75, 3.05) is 13.7 Å². The quantitative estimate of drug-likeness (QED) is 0.596. The van der Waals surface area contributed by atoms with Crippen LogP contribution in [0.5, 0.6) is 0 Å². The number of benzene rings is 1. The van der Waals surface area contributed by atoms with E-state index in [0.29, 0.717) is 28.3 Å². The second-order valence-electron chi connectivity index (χ2n) is 7.31. The van der Waals surface area contributed by atoms with Crippen LogP contribution in [0.3, 0.4) is 0 Å². The van der Waals surface area contributed by atoms with E-state index in [-0.39, 0.29) is 18.3 Å². The summed E-state index contributed by atoms with van der Waals surface area (Å²) in [5, 5.41) is 3.76. The first-order chi connectivity index (χ1) is 13.8. The summed E-state index contributed by atoms with van der Waals surface area (Å²) in [7, 11) is 1.27. The van der Waals surface area contributed by atoms with E-state index < -0.39 is 23.8 Å². The molecule has 7 heteroatoms. The van der Waals surface area contributed by atoms with E-state index in [1.54, 1.807) is 38.1 Å². The maximum Gasteiger partial charge on any atom is 0.336 e. The molecule has 0 amide bonds. The number of allylic oxidation sites excluding steroid dienone is 3. The van der Waals surface area contributed by atoms with E-state index in [4.69, 9.17) is 21.1 Å². The molecule has 0 unspecified atom stereocenters. The zero-order chi connectivity index (χ0) is 21.3. The van der Waals surface area contributed by atoms with Gasteiger partial charge < -0.3 is 14.8 Å². The molecule has 29 heavy (non-hydrogen) atoms. The van der Waals surface area contributed by atoms with Crippen molar-refractivity contribution in [2.24, 2.45) is 11.8 Å². The summed E-state index contributed by atoms with van der Waals surface area (Å²) in [6.45, 7) is 5.58. The van der Waals surface area contributed by atoms with Gasteiger partial charge in [0.2, 0.25) is 0 Å². The highest BCUT2D eigenvalue weighted by atomic mass is 35.5. The van der Waals surface area contributed by atoms with Crippen LogP contribution >= 0.6 is 11.6 Å². The summed E-state index contributed by atoms with van der Waals surface area (Å²) in [6, 6.07) is 7.00. The Morgan fingerprint density at radius 2 is 1.90 bits per heavy atom. The molecule has 3 rings (SSSR count). The van der Waals surface area contributed by atoms with Crippen LogP contribution < -0.4 is 5.32 Å². The van der Waals surface area contributed by atoms with Gasteiger partial charge in [0, 0.05) is 27.9 Å². The van der Waals surface area contributed by atoms with Gasteiger partial charge in [-0.1, -0.05) is 30.7 Å². The van der Waals surface area contributed by atoms with E-state index in [1.165, 1.54) is 7.11 Å². The molecule has 1 heterocycles. The Morgan fingerprint density at radius 1 is 1.24 bits per heavy atom. The first-order valence-electron chi connectivity index (χ1n) is 9.55. The van der Waals surface area contributed by atoms with Crippen molar-refractivity contribution < 1.29 is 23.9 Å². The molecule has 0 radical (unpaired) electrons. The van der Waals surface area contributed by atoms with E-state index >= 15 is 0 Å². The number of nitrogens with one attached hydrogen (secondary N) is 1. The minimum atomic E-state index is -0.905. The number of ether oxygens (including phenoxy) is 2. The standard InChI is InChI=1S/C22H24ClNO5/c1-5-29-22(27)17-12(3)24-15-10-11(2)16(21(26)28-4)20(25)19(15)18(17)13-6-8-14(23)9-7-13/h6-9,11,16,18,24H,5,10H2,1-4H3/t11-,16-,18-/m1/s1. The largest absolute Gasteiger partial charge is 0.468 e. The van der Waals surface area contributed by atoms with Crippen molar-refractivity contribution in [2.45, 2.75) is 33.1 Å². The lowest BCUT2D eigenvalue weighted by Crippen LogP contribution is -2.43. The topological polar surface area (TPSA) is 81.7 Å². The average Bonchev–Trinajstić information content (AvgIpc) is 2.67. The number of halogens is 1. The maximum absolute atomic E-state index is 13.5. The number of carbonyl (C=O) groups is 3. The van der Waals surface area contributed by atoms with Crippen LogP contribution in [-0.2, 0) is 23.9 Å². The third kappa shape index (κ3) is 3.81. The van der Waals surface area contributed by atoms with Gasteiger partial charge >= 0.3 is 11.9 Å². The fourth-order valence-corrected chi connectivity index (χ4v) is 4.27. The number of hydrogen-bond donors (Lipinski definition) is 1. The van der Waals surface area contributed by atoms with Gasteiger partial charge in [-0.3, -0.25) is 9.59 Å². The number of carbonyl (C=O) groups excluding carboxylic acids is 3. The molecule has 0 aromatic heterocycles. The molecular weight excluding hydrogens is 394 g/mol. The van der Waals surface area contributed by atoms with Crippen LogP contribution in [-0.4, -0.2) is 31.4 Å². The molecule has 1 aliphatic carbocycles. The van der Waals surface area contributed by atoms with Crippen molar-refractivity contribution in [1.82, 2.24) is 5.32 Å². The molecule has 1 aliphatic heterocycles. The van der Waals surface area contributed by atoms with Gasteiger partial charge in [-0.2, -0.15) is 0 Å². The van der Waals surface area contributed by atoms with Gasteiger partial charge in [-0.15, -0.1) is 0 Å². The second kappa shape index (κ2) is 8.41. The molecule has 0 saturated heterocycles. The molecule has 0 bridgehead atoms. The van der Waals surface area contributed by atoms with Gasteiger partial charge in [0.25, 0.3) is 0 Å². The molecular formula is C22H24ClNO5. The number of rotatable bonds is 4. The lowest BCUT2D eigenvalue weighted by atomic mass is 9.69. The summed E-state index contributed by atoms with van der Waals surface area (Å²) in [5.41, 5.74) is 2.87. The Balaban J connectivity index is 2.18. The third-order valence-electron chi connectivity index (χ3n) is 5.44. The number of hydrogen-bond acceptors (Lipinski definition) is 6. The number of ketones is 1. The molecule has 0 spiro atoms. The van der Waals surface area contributed by atoms with Gasteiger partial charge in [-0.05, 0) is 43.9 Å². The predicted octanol–water partition coefficient (Wildman–Crippen LogP) is 3.52. The molecule has 1 aromatic rings. The Hall–Kier alpha value is -2.60. The summed E-state index contributed by atoms with van der Waals surface area (Å²) in [5.74, 6) is -3.15. The zero-order valence-corrected chi connectivity index (χ0v) is 17.6. The van der Waals surface area contributed by atoms with Crippen molar-refractivity contribution in [3.63, 3.8) is 0 Å². The van der Waals surface area contributed by atoms with Crippen molar-refractivity contribution in [1.29, 1.82) is 0 Å². The predicted molar refractivity (Wildman–Crippen MR) is 108 cm³/mol. The fourth-order valence-electron chi connectivity index (χ4n) is 4.15. The van der Waals surface area contributed by atoms with Crippen LogP contribution in [0.1, 0.15) is 38.7 Å². The lowest BCUT2D eigenvalue weighted by Gasteiger charge is -2.38. The van der Waals surface area contributed by atoms with E-state index in [2.05, 4.69) is 5.32 Å². The number of Topliss-reactive ketones (excluding diaryl/α,β-unsaturated/α-hetero) is 1. The number of dihydropyridines is 1. The van der Waals surface area contributed by atoms with Crippen molar-refractivity contribution in [3.05, 3.63) is 57.4 Å². The Bertz CT molecular complexity index is 916. The van der Waals surface area contributed by atoms with E-state index in [1.807, 2.05) is 6.92 Å². The number of methoxy groups -OCH3 is 1. The first kappa shape index (κ1) is 21.1. The van der Waals surface area contributed by atoms with Gasteiger partial charge in [0.1, 0.15) is 5.92 Å². The summed E-state index contributed by atoms with van der Waals surface area (Å²) < 4.78 is 10.1. The summed E-state index contributed by atoms with van der Waals surface area (Å²) >= 11 is 6.04. The second-order valence-corrected chi connectivity index (χ2v) is 7.74. The Kier molecular flexibility index (Phi) is 6.13. The normalized spacial score (nSPS) is 24.0. The van der Waals surface area contributed by atoms with Crippen molar-refractivity contribution >= 4 is 29.3 Å². The first-order valence-corrected chi connectivity index (χ1v) is 9.93. The Morgan fingerprint density at radius 3 is 2.48 bits per heavy atom. The fraction of sp³-hybridized carbons (Fsp3) is 0.409. The molecule has 3 atom stereocenters. The van der Waals surface area contributed by atoms with Crippen LogP contribution in [0, 0.1) is 11.8 Å². The van der Waals surface area contributed by atoms with Crippen LogP contribution in [0.15, 0.2) is 46.8 Å². The van der Waals surface area contributed by atoms with E-state index in [9.17, 15) is 14.4 Å². The van der Waals surface area contributed by atoms with Crippen LogP contribution in [0.4, 0.5) is 0 Å². The molecule has 6 nitrogen and oxygen atoms in total. The minimum Gasteiger partial charge on any atom is -0.468 e. The Labute approximate surface area is 174 Å². The molecule has 1 aromatic carbocycles. The maximum atomic E-state index is 13.5. The van der Waals surface area contributed by atoms with Gasteiger partial charge in [0.05, 0.1) is 19.3 Å². The lowest BCUT2D eigenvalue weighted by molar-refractivity contribution is -0.151. The summed E-state index contributed by atoms with van der Waals surface area (Å²) in [6.07, 6.45) is 0.498. The van der Waals surface area contributed by atoms with Gasteiger partial charge in [0.15, 0.2) is 5.78 Å². The SMILES string of the molecule is CCOC(=O)C1=C(C)NC2=C(C(=O)[C@H](C(=O)OC)[C@H](C)C2)[C@@H]1c1ccc(Cl)cc1. The third-order valence-corrected chi connectivity index (χ3v) is 5.69. The van der Waals surface area contributed by atoms with Gasteiger partial charge in [-0.25, -0.2) is 4.79 Å². The molecule has 1 N–H and O–H groups in total. The average molecular weight is 418 g/mol. The van der Waals surface area contributed by atoms with Crippen LogP contribution in [0.25, 0.3) is 0 Å². The molecule has 154 valence electrons. The number of esters is 2. The monoisotopic (exact) mass is 417 g/mol. The molecule has 0 fully saturated rings. The smallest absolute Gasteiger partial charge is 0.336 e. The molecule has 2 aliphatic rings. The summed E-state index contributed by atoms with van der Waals surface area (Å²) in [4.78, 5) is 38.6.